The van der Waals surface area contributed by atoms with Crippen LogP contribution in [0, 0.1) is 11.3 Å². The van der Waals surface area contributed by atoms with Gasteiger partial charge in [-0.2, -0.15) is 0 Å². The lowest BCUT2D eigenvalue weighted by atomic mass is 9.65. The van der Waals surface area contributed by atoms with E-state index in [1.165, 1.54) is 0 Å². The SMILES string of the molecule is CC(C)(CC(=O)O)C1CC(=O)C1. The molecule has 0 amide bonds. The molecule has 0 heterocycles. The second-order valence-electron chi connectivity index (χ2n) is 4.20. The van der Waals surface area contributed by atoms with E-state index in [9.17, 15) is 9.59 Å². The van der Waals surface area contributed by atoms with Crippen molar-refractivity contribution < 1.29 is 14.7 Å². The standard InChI is InChI=1S/C9H14O3/c1-9(2,5-8(11)12)6-3-7(10)4-6/h6H,3-5H2,1-2H3,(H,11,12). The molecule has 1 aliphatic rings. The molecule has 1 fully saturated rings. The number of ketones is 1. The van der Waals surface area contributed by atoms with E-state index in [1.807, 2.05) is 13.8 Å². The third-order valence-electron chi connectivity index (χ3n) is 2.66. The Morgan fingerprint density at radius 3 is 2.42 bits per heavy atom. The molecule has 3 nitrogen and oxygen atoms in total. The molecule has 3 heteroatoms. The van der Waals surface area contributed by atoms with Crippen molar-refractivity contribution in [1.29, 1.82) is 0 Å². The summed E-state index contributed by atoms with van der Waals surface area (Å²) in [5.74, 6) is -0.237. The van der Waals surface area contributed by atoms with Gasteiger partial charge in [-0.1, -0.05) is 13.8 Å². The van der Waals surface area contributed by atoms with Crippen LogP contribution >= 0.6 is 0 Å². The van der Waals surface area contributed by atoms with Crippen LogP contribution in [0.4, 0.5) is 0 Å². The normalized spacial score (nSPS) is 19.0. The van der Waals surface area contributed by atoms with Gasteiger partial charge < -0.3 is 5.11 Å². The van der Waals surface area contributed by atoms with Gasteiger partial charge in [-0.15, -0.1) is 0 Å². The molecule has 0 aromatic heterocycles. The van der Waals surface area contributed by atoms with Gasteiger partial charge >= 0.3 is 5.97 Å². The van der Waals surface area contributed by atoms with E-state index in [4.69, 9.17) is 5.11 Å². The Kier molecular flexibility index (Phi) is 2.22. The van der Waals surface area contributed by atoms with Gasteiger partial charge in [-0.3, -0.25) is 9.59 Å². The zero-order valence-electron chi connectivity index (χ0n) is 7.46. The van der Waals surface area contributed by atoms with Gasteiger partial charge in [0.2, 0.25) is 0 Å². The summed E-state index contributed by atoms with van der Waals surface area (Å²) in [6, 6.07) is 0. The maximum absolute atomic E-state index is 10.7. The zero-order chi connectivity index (χ0) is 9.35. The van der Waals surface area contributed by atoms with Gasteiger partial charge in [-0.05, 0) is 11.3 Å². The van der Waals surface area contributed by atoms with Gasteiger partial charge in [0, 0.05) is 12.8 Å². The molecule has 0 spiro atoms. The number of carboxylic acid groups (broad SMARTS) is 1. The van der Waals surface area contributed by atoms with Gasteiger partial charge in [0.25, 0.3) is 0 Å². The Morgan fingerprint density at radius 2 is 2.08 bits per heavy atom. The molecular formula is C9H14O3. The largest absolute Gasteiger partial charge is 0.481 e. The number of carbonyl (C=O) groups excluding carboxylic acids is 1. The monoisotopic (exact) mass is 170 g/mol. The lowest BCUT2D eigenvalue weighted by Crippen LogP contribution is -2.37. The average molecular weight is 170 g/mol. The molecule has 1 N–H and O–H groups in total. The molecule has 0 bridgehead atoms. The molecule has 12 heavy (non-hydrogen) atoms. The summed E-state index contributed by atoms with van der Waals surface area (Å²) in [6.07, 6.45) is 1.30. The molecule has 68 valence electrons. The second kappa shape index (κ2) is 2.88. The third-order valence-corrected chi connectivity index (χ3v) is 2.66. The van der Waals surface area contributed by atoms with Crippen LogP contribution < -0.4 is 0 Å². The van der Waals surface area contributed by atoms with Gasteiger partial charge in [-0.25, -0.2) is 0 Å². The first-order valence-corrected chi connectivity index (χ1v) is 4.15. The van der Waals surface area contributed by atoms with Crippen molar-refractivity contribution in [2.45, 2.75) is 33.1 Å². The molecule has 0 radical (unpaired) electrons. The van der Waals surface area contributed by atoms with E-state index >= 15 is 0 Å². The van der Waals surface area contributed by atoms with Gasteiger partial charge in [0.1, 0.15) is 5.78 Å². The molecule has 0 atom stereocenters. The maximum Gasteiger partial charge on any atom is 0.303 e. The molecule has 1 rings (SSSR count). The van der Waals surface area contributed by atoms with Crippen molar-refractivity contribution in [2.75, 3.05) is 0 Å². The fourth-order valence-electron chi connectivity index (χ4n) is 1.58. The minimum Gasteiger partial charge on any atom is -0.481 e. The molecule has 1 aliphatic carbocycles. The Morgan fingerprint density at radius 1 is 1.58 bits per heavy atom. The van der Waals surface area contributed by atoms with E-state index in [0.717, 1.165) is 0 Å². The number of rotatable bonds is 3. The minimum absolute atomic E-state index is 0.158. The highest BCUT2D eigenvalue weighted by atomic mass is 16.4. The maximum atomic E-state index is 10.7. The van der Waals surface area contributed by atoms with Crippen molar-refractivity contribution in [1.82, 2.24) is 0 Å². The smallest absolute Gasteiger partial charge is 0.303 e. The first-order chi connectivity index (χ1) is 5.42. The Bertz CT molecular complexity index is 210. The highest BCUT2D eigenvalue weighted by molar-refractivity contribution is 5.85. The minimum atomic E-state index is -0.778. The molecule has 0 saturated heterocycles. The molecule has 0 aliphatic heterocycles. The summed E-state index contributed by atoms with van der Waals surface area (Å²) in [6.45, 7) is 3.83. The van der Waals surface area contributed by atoms with E-state index < -0.39 is 5.97 Å². The van der Waals surface area contributed by atoms with E-state index in [-0.39, 0.29) is 23.5 Å². The Labute approximate surface area is 71.8 Å². The lowest BCUT2D eigenvalue weighted by molar-refractivity contribution is -0.143. The topological polar surface area (TPSA) is 54.4 Å². The van der Waals surface area contributed by atoms with Gasteiger partial charge in [0.05, 0.1) is 6.42 Å². The lowest BCUT2D eigenvalue weighted by Gasteiger charge is -2.38. The van der Waals surface area contributed by atoms with E-state index in [0.29, 0.717) is 12.8 Å². The summed E-state index contributed by atoms with van der Waals surface area (Å²) in [5, 5.41) is 8.60. The van der Waals surface area contributed by atoms with Crippen LogP contribution in [0.2, 0.25) is 0 Å². The van der Waals surface area contributed by atoms with Crippen LogP contribution in [0.3, 0.4) is 0 Å². The van der Waals surface area contributed by atoms with Crippen molar-refractivity contribution in [3.63, 3.8) is 0 Å². The summed E-state index contributed by atoms with van der Waals surface area (Å²) >= 11 is 0. The van der Waals surface area contributed by atoms with Crippen LogP contribution in [0.5, 0.6) is 0 Å². The summed E-state index contributed by atoms with van der Waals surface area (Å²) in [5.41, 5.74) is -0.222. The van der Waals surface area contributed by atoms with E-state index in [1.54, 1.807) is 0 Å². The predicted molar refractivity (Wildman–Crippen MR) is 43.8 cm³/mol. The molecule has 0 unspecified atom stereocenters. The average Bonchev–Trinajstić information content (AvgIpc) is 1.77. The zero-order valence-corrected chi connectivity index (χ0v) is 7.46. The number of Topliss-reactive ketones (excluding diaryl/α,β-unsaturated/α-hetero) is 1. The van der Waals surface area contributed by atoms with Gasteiger partial charge in [0.15, 0.2) is 0 Å². The van der Waals surface area contributed by atoms with Crippen molar-refractivity contribution in [3.05, 3.63) is 0 Å². The van der Waals surface area contributed by atoms with Crippen molar-refractivity contribution in [2.24, 2.45) is 11.3 Å². The Balaban J connectivity index is 2.48. The van der Waals surface area contributed by atoms with Crippen LogP contribution in [-0.2, 0) is 9.59 Å². The summed E-state index contributed by atoms with van der Waals surface area (Å²) < 4.78 is 0. The summed E-state index contributed by atoms with van der Waals surface area (Å²) in [4.78, 5) is 21.2. The Hall–Kier alpha value is -0.860. The quantitative estimate of drug-likeness (QED) is 0.697. The number of hydrogen-bond donors (Lipinski definition) is 1. The van der Waals surface area contributed by atoms with Crippen LogP contribution in [0.1, 0.15) is 33.1 Å². The van der Waals surface area contributed by atoms with Crippen LogP contribution in [0.15, 0.2) is 0 Å². The molecule has 0 aromatic rings. The number of carbonyl (C=O) groups is 2. The van der Waals surface area contributed by atoms with Crippen molar-refractivity contribution in [3.8, 4) is 0 Å². The second-order valence-corrected chi connectivity index (χ2v) is 4.20. The highest BCUT2D eigenvalue weighted by Gasteiger charge is 2.40. The van der Waals surface area contributed by atoms with Crippen molar-refractivity contribution >= 4 is 11.8 Å². The van der Waals surface area contributed by atoms with Crippen LogP contribution in [0.25, 0.3) is 0 Å². The fourth-order valence-corrected chi connectivity index (χ4v) is 1.58. The van der Waals surface area contributed by atoms with Crippen LogP contribution in [-0.4, -0.2) is 16.9 Å². The predicted octanol–water partition coefficient (Wildman–Crippen LogP) is 1.47. The molecule has 1 saturated carbocycles. The first-order valence-electron chi connectivity index (χ1n) is 4.15. The molecular weight excluding hydrogens is 156 g/mol. The number of carboxylic acids is 1. The summed E-state index contributed by atoms with van der Waals surface area (Å²) in [7, 11) is 0. The fraction of sp³-hybridized carbons (Fsp3) is 0.778. The highest BCUT2D eigenvalue weighted by Crippen LogP contribution is 2.41. The molecule has 0 aromatic carbocycles. The van der Waals surface area contributed by atoms with E-state index in [2.05, 4.69) is 0 Å². The number of aliphatic carboxylic acids is 1. The first kappa shape index (κ1) is 9.23. The third kappa shape index (κ3) is 1.84. The number of hydrogen-bond acceptors (Lipinski definition) is 2.